The molecule has 0 amide bonds. The molecule has 1 unspecified atom stereocenters. The van der Waals surface area contributed by atoms with Crippen molar-refractivity contribution in [1.29, 1.82) is 0 Å². The summed E-state index contributed by atoms with van der Waals surface area (Å²) >= 11 is 0. The van der Waals surface area contributed by atoms with E-state index in [1.54, 1.807) is 0 Å². The van der Waals surface area contributed by atoms with Gasteiger partial charge in [0.1, 0.15) is 0 Å². The van der Waals surface area contributed by atoms with Crippen molar-refractivity contribution in [2.24, 2.45) is 5.92 Å². The smallest absolute Gasteiger partial charge is 0.0218 e. The maximum Gasteiger partial charge on any atom is 0.0218 e. The third kappa shape index (κ3) is 6.17. The van der Waals surface area contributed by atoms with Crippen molar-refractivity contribution < 1.29 is 0 Å². The topological polar surface area (TPSA) is 15.3 Å². The predicted octanol–water partition coefficient (Wildman–Crippen LogP) is 2.13. The first-order valence-electron chi connectivity index (χ1n) is 5.63. The molecule has 0 fully saturated rings. The Kier molecular flexibility index (Phi) is 7.81. The Morgan fingerprint density at radius 3 is 2.43 bits per heavy atom. The molecule has 1 atom stereocenters. The maximum atomic E-state index is 3.76. The van der Waals surface area contributed by atoms with Crippen LogP contribution in [0.1, 0.15) is 27.2 Å². The van der Waals surface area contributed by atoms with E-state index in [2.05, 4.69) is 44.6 Å². The fourth-order valence-corrected chi connectivity index (χ4v) is 1.50. The molecule has 1 N–H and O–H groups in total. The summed E-state index contributed by atoms with van der Waals surface area (Å²) in [5.74, 6) is 0.734. The van der Waals surface area contributed by atoms with Gasteiger partial charge in [0.15, 0.2) is 0 Å². The molecule has 14 heavy (non-hydrogen) atoms. The Bertz CT molecular complexity index is 143. The third-order valence-corrected chi connectivity index (χ3v) is 2.44. The number of nitrogens with zero attached hydrogens (tertiary/aromatic N) is 1. The molecule has 0 aliphatic carbocycles. The molecule has 0 aromatic carbocycles. The van der Waals surface area contributed by atoms with Gasteiger partial charge in [0.25, 0.3) is 0 Å². The van der Waals surface area contributed by atoms with Gasteiger partial charge in [0.2, 0.25) is 0 Å². The lowest BCUT2D eigenvalue weighted by Crippen LogP contribution is -2.40. The van der Waals surface area contributed by atoms with Crippen LogP contribution in [0.2, 0.25) is 0 Å². The molecule has 0 saturated heterocycles. The number of nitrogens with one attached hydrogen (secondary N) is 1. The predicted molar refractivity (Wildman–Crippen MR) is 64.6 cm³/mol. The number of rotatable bonds is 8. The van der Waals surface area contributed by atoms with Gasteiger partial charge in [0.05, 0.1) is 0 Å². The lowest BCUT2D eigenvalue weighted by atomic mass is 10.1. The fraction of sp³-hybridized carbons (Fsp3) is 0.833. The zero-order chi connectivity index (χ0) is 11.0. The van der Waals surface area contributed by atoms with Crippen LogP contribution in [0.3, 0.4) is 0 Å². The standard InChI is InChI=1S/C12H26N2/c1-6-8-14(5)12(7-2)10-13-9-11(3)4/h6,11-13H,1,7-10H2,2-5H3. The molecule has 0 spiro atoms. The van der Waals surface area contributed by atoms with E-state index >= 15 is 0 Å². The fourth-order valence-electron chi connectivity index (χ4n) is 1.50. The van der Waals surface area contributed by atoms with Crippen LogP contribution in [0.15, 0.2) is 12.7 Å². The Balaban J connectivity index is 3.72. The van der Waals surface area contributed by atoms with E-state index in [1.807, 2.05) is 6.08 Å². The highest BCUT2D eigenvalue weighted by atomic mass is 15.1. The zero-order valence-electron chi connectivity index (χ0n) is 10.2. The first-order valence-corrected chi connectivity index (χ1v) is 5.63. The van der Waals surface area contributed by atoms with Crippen molar-refractivity contribution in [2.75, 3.05) is 26.7 Å². The lowest BCUT2D eigenvalue weighted by molar-refractivity contribution is 0.249. The first kappa shape index (κ1) is 13.7. The molecule has 0 rings (SSSR count). The van der Waals surface area contributed by atoms with Crippen molar-refractivity contribution in [1.82, 2.24) is 10.2 Å². The summed E-state index contributed by atoms with van der Waals surface area (Å²) in [5.41, 5.74) is 0. The molecule has 0 heterocycles. The number of likely N-dealkylation sites (N-methyl/N-ethyl adjacent to an activating group) is 1. The van der Waals surface area contributed by atoms with Gasteiger partial charge in [-0.15, -0.1) is 6.58 Å². The van der Waals surface area contributed by atoms with Crippen LogP contribution in [0.25, 0.3) is 0 Å². The van der Waals surface area contributed by atoms with E-state index in [1.165, 1.54) is 6.42 Å². The summed E-state index contributed by atoms with van der Waals surface area (Å²) < 4.78 is 0. The highest BCUT2D eigenvalue weighted by Crippen LogP contribution is 2.00. The molecule has 0 saturated carbocycles. The minimum Gasteiger partial charge on any atom is -0.315 e. The Hall–Kier alpha value is -0.340. The molecule has 0 aromatic rings. The Morgan fingerprint density at radius 2 is 2.00 bits per heavy atom. The van der Waals surface area contributed by atoms with Crippen molar-refractivity contribution in [2.45, 2.75) is 33.2 Å². The van der Waals surface area contributed by atoms with Crippen LogP contribution in [-0.2, 0) is 0 Å². The molecule has 0 aromatic heterocycles. The average Bonchev–Trinajstić information content (AvgIpc) is 2.12. The van der Waals surface area contributed by atoms with Gasteiger partial charge in [-0.05, 0) is 25.9 Å². The first-order chi connectivity index (χ1) is 6.61. The van der Waals surface area contributed by atoms with Gasteiger partial charge in [-0.1, -0.05) is 26.8 Å². The van der Waals surface area contributed by atoms with E-state index in [0.29, 0.717) is 6.04 Å². The van der Waals surface area contributed by atoms with E-state index < -0.39 is 0 Å². The lowest BCUT2D eigenvalue weighted by Gasteiger charge is -2.26. The van der Waals surface area contributed by atoms with E-state index in [4.69, 9.17) is 0 Å². The quantitative estimate of drug-likeness (QED) is 0.601. The van der Waals surface area contributed by atoms with Crippen LogP contribution < -0.4 is 5.32 Å². The Morgan fingerprint density at radius 1 is 1.36 bits per heavy atom. The third-order valence-electron chi connectivity index (χ3n) is 2.44. The van der Waals surface area contributed by atoms with Gasteiger partial charge >= 0.3 is 0 Å². The molecule has 2 heteroatoms. The Labute approximate surface area is 89.4 Å². The van der Waals surface area contributed by atoms with Crippen molar-refractivity contribution >= 4 is 0 Å². The van der Waals surface area contributed by atoms with Crippen LogP contribution >= 0.6 is 0 Å². The maximum absolute atomic E-state index is 3.76. The van der Waals surface area contributed by atoms with Gasteiger partial charge in [-0.25, -0.2) is 0 Å². The van der Waals surface area contributed by atoms with Gasteiger partial charge in [-0.3, -0.25) is 4.90 Å². The summed E-state index contributed by atoms with van der Waals surface area (Å²) in [7, 11) is 2.16. The highest BCUT2D eigenvalue weighted by molar-refractivity contribution is 4.77. The molecule has 0 radical (unpaired) electrons. The monoisotopic (exact) mass is 198 g/mol. The zero-order valence-corrected chi connectivity index (χ0v) is 10.2. The van der Waals surface area contributed by atoms with E-state index in [-0.39, 0.29) is 0 Å². The molecule has 84 valence electrons. The van der Waals surface area contributed by atoms with Gasteiger partial charge < -0.3 is 5.32 Å². The van der Waals surface area contributed by atoms with Crippen molar-refractivity contribution in [3.05, 3.63) is 12.7 Å². The summed E-state index contributed by atoms with van der Waals surface area (Å²) in [4.78, 5) is 2.35. The second-order valence-electron chi connectivity index (χ2n) is 4.34. The molecule has 0 bridgehead atoms. The van der Waals surface area contributed by atoms with Crippen LogP contribution in [-0.4, -0.2) is 37.6 Å². The molecular weight excluding hydrogens is 172 g/mol. The van der Waals surface area contributed by atoms with Crippen LogP contribution in [0.5, 0.6) is 0 Å². The van der Waals surface area contributed by atoms with Crippen molar-refractivity contribution in [3.8, 4) is 0 Å². The summed E-state index contributed by atoms with van der Waals surface area (Å²) in [6, 6.07) is 0.631. The molecule has 0 aliphatic rings. The van der Waals surface area contributed by atoms with E-state index in [9.17, 15) is 0 Å². The molecular formula is C12H26N2. The van der Waals surface area contributed by atoms with E-state index in [0.717, 1.165) is 25.6 Å². The summed E-state index contributed by atoms with van der Waals surface area (Å²) in [6.45, 7) is 13.6. The SMILES string of the molecule is C=CCN(C)C(CC)CNCC(C)C. The van der Waals surface area contributed by atoms with Crippen LogP contribution in [0.4, 0.5) is 0 Å². The molecule has 0 aliphatic heterocycles. The second kappa shape index (κ2) is 8.01. The minimum atomic E-state index is 0.631. The summed E-state index contributed by atoms with van der Waals surface area (Å²) in [6.07, 6.45) is 3.15. The number of hydrogen-bond donors (Lipinski definition) is 1. The second-order valence-corrected chi connectivity index (χ2v) is 4.34. The highest BCUT2D eigenvalue weighted by Gasteiger charge is 2.10. The largest absolute Gasteiger partial charge is 0.315 e. The normalized spacial score (nSPS) is 13.6. The van der Waals surface area contributed by atoms with Crippen LogP contribution in [0, 0.1) is 5.92 Å². The molecule has 2 nitrogen and oxygen atoms in total. The minimum absolute atomic E-state index is 0.631. The van der Waals surface area contributed by atoms with Crippen molar-refractivity contribution in [3.63, 3.8) is 0 Å². The van der Waals surface area contributed by atoms with Gasteiger partial charge in [0, 0.05) is 19.1 Å². The average molecular weight is 198 g/mol. The van der Waals surface area contributed by atoms with Gasteiger partial charge in [-0.2, -0.15) is 0 Å². The summed E-state index contributed by atoms with van der Waals surface area (Å²) in [5, 5.41) is 3.50. The number of hydrogen-bond acceptors (Lipinski definition) is 2.